The molecule has 0 saturated carbocycles. The van der Waals surface area contributed by atoms with Crippen LogP contribution in [-0.4, -0.2) is 22.7 Å². The zero-order valence-electron chi connectivity index (χ0n) is 9.60. The van der Waals surface area contributed by atoms with Crippen molar-refractivity contribution in [1.29, 1.82) is 0 Å². The van der Waals surface area contributed by atoms with E-state index < -0.39 is 5.97 Å². The Morgan fingerprint density at radius 3 is 3.00 bits per heavy atom. The lowest BCUT2D eigenvalue weighted by molar-refractivity contribution is -0.137. The Morgan fingerprint density at radius 2 is 2.22 bits per heavy atom. The molecule has 0 aliphatic rings. The van der Waals surface area contributed by atoms with Crippen LogP contribution in [0.1, 0.15) is 12.8 Å². The van der Waals surface area contributed by atoms with Crippen molar-refractivity contribution < 1.29 is 14.6 Å². The molecule has 1 N–H and O–H groups in total. The Morgan fingerprint density at radius 1 is 1.39 bits per heavy atom. The second-order valence-electron chi connectivity index (χ2n) is 3.79. The number of aliphatic carboxylic acids is 1. The van der Waals surface area contributed by atoms with Crippen LogP contribution >= 0.6 is 11.6 Å². The van der Waals surface area contributed by atoms with Crippen molar-refractivity contribution in [2.24, 2.45) is 0 Å². The molecule has 1 aromatic heterocycles. The zero-order chi connectivity index (χ0) is 13.0. The van der Waals surface area contributed by atoms with Crippen molar-refractivity contribution >= 4 is 28.5 Å². The van der Waals surface area contributed by atoms with E-state index >= 15 is 0 Å². The Kier molecular flexibility index (Phi) is 3.99. The molecule has 0 spiro atoms. The maximum Gasteiger partial charge on any atom is 0.303 e. The van der Waals surface area contributed by atoms with E-state index in [2.05, 4.69) is 4.98 Å². The highest BCUT2D eigenvalue weighted by Gasteiger charge is 2.06. The van der Waals surface area contributed by atoms with Crippen LogP contribution in [0.4, 0.5) is 0 Å². The molecule has 0 fully saturated rings. The second kappa shape index (κ2) is 5.69. The van der Waals surface area contributed by atoms with Crippen LogP contribution in [0, 0.1) is 0 Å². The Bertz CT molecular complexity index is 571. The molecule has 0 aliphatic carbocycles. The summed E-state index contributed by atoms with van der Waals surface area (Å²) in [6.07, 6.45) is 2.23. The van der Waals surface area contributed by atoms with Gasteiger partial charge in [-0.15, -0.1) is 0 Å². The van der Waals surface area contributed by atoms with E-state index in [1.165, 1.54) is 0 Å². The standard InChI is InChI=1S/C13H12ClNO3/c14-10-5-6-11(18-8-2-4-12(16)17)13-9(10)3-1-7-15-13/h1,3,5-7H,2,4,8H2,(H,16,17). The summed E-state index contributed by atoms with van der Waals surface area (Å²) in [4.78, 5) is 14.6. The normalized spacial score (nSPS) is 10.5. The molecule has 0 aliphatic heterocycles. The number of hydrogen-bond donors (Lipinski definition) is 1. The molecule has 4 nitrogen and oxygen atoms in total. The summed E-state index contributed by atoms with van der Waals surface area (Å²) in [7, 11) is 0. The largest absolute Gasteiger partial charge is 0.491 e. The van der Waals surface area contributed by atoms with Gasteiger partial charge in [-0.25, -0.2) is 0 Å². The van der Waals surface area contributed by atoms with Gasteiger partial charge in [0, 0.05) is 18.0 Å². The summed E-state index contributed by atoms with van der Waals surface area (Å²) in [5.74, 6) is -0.196. The molecule has 2 aromatic rings. The quantitative estimate of drug-likeness (QED) is 0.844. The number of nitrogens with zero attached hydrogens (tertiary/aromatic N) is 1. The van der Waals surface area contributed by atoms with Crippen molar-refractivity contribution in [1.82, 2.24) is 4.98 Å². The summed E-state index contributed by atoms with van der Waals surface area (Å²) in [5.41, 5.74) is 0.695. The number of carboxylic acids is 1. The summed E-state index contributed by atoms with van der Waals surface area (Å²) in [6.45, 7) is 0.347. The summed E-state index contributed by atoms with van der Waals surface area (Å²) in [6, 6.07) is 7.17. The predicted molar refractivity (Wildman–Crippen MR) is 69.1 cm³/mol. The van der Waals surface area contributed by atoms with Gasteiger partial charge in [0.1, 0.15) is 11.3 Å². The van der Waals surface area contributed by atoms with E-state index in [1.807, 2.05) is 12.1 Å². The highest BCUT2D eigenvalue weighted by molar-refractivity contribution is 6.35. The molecule has 5 heteroatoms. The number of carbonyl (C=O) groups is 1. The first-order chi connectivity index (χ1) is 8.68. The van der Waals surface area contributed by atoms with E-state index in [0.29, 0.717) is 29.3 Å². The molecule has 94 valence electrons. The Balaban J connectivity index is 2.14. The number of pyridine rings is 1. The van der Waals surface area contributed by atoms with E-state index in [0.717, 1.165) is 5.39 Å². The summed E-state index contributed by atoms with van der Waals surface area (Å²) in [5, 5.41) is 9.98. The molecule has 0 bridgehead atoms. The summed E-state index contributed by atoms with van der Waals surface area (Å²) < 4.78 is 5.54. The number of hydrogen-bond acceptors (Lipinski definition) is 3. The monoisotopic (exact) mass is 265 g/mol. The first-order valence-electron chi connectivity index (χ1n) is 5.56. The van der Waals surface area contributed by atoms with Crippen molar-refractivity contribution in [2.75, 3.05) is 6.61 Å². The van der Waals surface area contributed by atoms with Gasteiger partial charge in [-0.2, -0.15) is 0 Å². The fourth-order valence-electron chi connectivity index (χ4n) is 1.63. The van der Waals surface area contributed by atoms with E-state index in [1.54, 1.807) is 18.3 Å². The first kappa shape index (κ1) is 12.6. The Labute approximate surface area is 109 Å². The average Bonchev–Trinajstić information content (AvgIpc) is 2.37. The van der Waals surface area contributed by atoms with Crippen LogP contribution in [0.3, 0.4) is 0 Å². The van der Waals surface area contributed by atoms with Gasteiger partial charge in [0.25, 0.3) is 0 Å². The van der Waals surface area contributed by atoms with Crippen LogP contribution in [-0.2, 0) is 4.79 Å². The first-order valence-corrected chi connectivity index (χ1v) is 5.94. The van der Waals surface area contributed by atoms with E-state index in [-0.39, 0.29) is 6.42 Å². The third-order valence-electron chi connectivity index (χ3n) is 2.47. The minimum Gasteiger partial charge on any atom is -0.491 e. The van der Waals surface area contributed by atoms with Gasteiger partial charge in [-0.1, -0.05) is 11.6 Å². The number of benzene rings is 1. The van der Waals surface area contributed by atoms with Crippen molar-refractivity contribution in [2.45, 2.75) is 12.8 Å². The van der Waals surface area contributed by atoms with Gasteiger partial charge in [0.2, 0.25) is 0 Å². The maximum atomic E-state index is 10.4. The molecule has 0 saturated heterocycles. The SMILES string of the molecule is O=C(O)CCCOc1ccc(Cl)c2cccnc12. The molecule has 1 aromatic carbocycles. The smallest absolute Gasteiger partial charge is 0.303 e. The predicted octanol–water partition coefficient (Wildman–Crippen LogP) is 3.13. The molecule has 2 rings (SSSR count). The number of halogens is 1. The maximum absolute atomic E-state index is 10.4. The summed E-state index contributed by atoms with van der Waals surface area (Å²) >= 11 is 6.06. The number of ether oxygens (including phenoxy) is 1. The molecular weight excluding hydrogens is 254 g/mol. The molecule has 0 unspecified atom stereocenters. The van der Waals surface area contributed by atoms with Crippen molar-refractivity contribution in [3.05, 3.63) is 35.5 Å². The van der Waals surface area contributed by atoms with Crippen molar-refractivity contribution in [3.63, 3.8) is 0 Å². The minimum absolute atomic E-state index is 0.0962. The topological polar surface area (TPSA) is 59.4 Å². The molecule has 18 heavy (non-hydrogen) atoms. The van der Waals surface area contributed by atoms with Gasteiger partial charge < -0.3 is 9.84 Å². The van der Waals surface area contributed by atoms with Crippen LogP contribution in [0.25, 0.3) is 10.9 Å². The lowest BCUT2D eigenvalue weighted by Gasteiger charge is -2.08. The third-order valence-corrected chi connectivity index (χ3v) is 2.80. The van der Waals surface area contributed by atoms with Crippen molar-refractivity contribution in [3.8, 4) is 5.75 Å². The molecule has 1 heterocycles. The molecule has 0 radical (unpaired) electrons. The number of fused-ring (bicyclic) bond motifs is 1. The van der Waals surface area contributed by atoms with Crippen LogP contribution in [0.5, 0.6) is 5.75 Å². The minimum atomic E-state index is -0.822. The highest BCUT2D eigenvalue weighted by atomic mass is 35.5. The molecule has 0 atom stereocenters. The highest BCUT2D eigenvalue weighted by Crippen LogP contribution is 2.29. The van der Waals surface area contributed by atoms with Gasteiger partial charge in [0.15, 0.2) is 0 Å². The second-order valence-corrected chi connectivity index (χ2v) is 4.20. The van der Waals surface area contributed by atoms with Crippen LogP contribution in [0.15, 0.2) is 30.5 Å². The van der Waals surface area contributed by atoms with Gasteiger partial charge in [0.05, 0.1) is 11.6 Å². The number of aromatic nitrogens is 1. The molecular formula is C13H12ClNO3. The van der Waals surface area contributed by atoms with Gasteiger partial charge in [-0.3, -0.25) is 9.78 Å². The lowest BCUT2D eigenvalue weighted by atomic mass is 10.2. The van der Waals surface area contributed by atoms with E-state index in [4.69, 9.17) is 21.4 Å². The van der Waals surface area contributed by atoms with E-state index in [9.17, 15) is 4.79 Å². The van der Waals surface area contributed by atoms with Gasteiger partial charge in [-0.05, 0) is 30.7 Å². The number of carboxylic acid groups (broad SMARTS) is 1. The third kappa shape index (κ3) is 2.90. The van der Waals surface area contributed by atoms with Crippen LogP contribution < -0.4 is 4.74 Å². The fraction of sp³-hybridized carbons (Fsp3) is 0.231. The Hall–Kier alpha value is -1.81. The number of rotatable bonds is 5. The van der Waals surface area contributed by atoms with Crippen LogP contribution in [0.2, 0.25) is 5.02 Å². The lowest BCUT2D eigenvalue weighted by Crippen LogP contribution is -2.02. The zero-order valence-corrected chi connectivity index (χ0v) is 10.4. The van der Waals surface area contributed by atoms with Gasteiger partial charge >= 0.3 is 5.97 Å². The molecule has 0 amide bonds. The fourth-order valence-corrected chi connectivity index (χ4v) is 1.85. The average molecular weight is 266 g/mol.